The Morgan fingerprint density at radius 1 is 1.08 bits per heavy atom. The molecule has 4 rings (SSSR count). The van der Waals surface area contributed by atoms with Crippen LogP contribution in [0.2, 0.25) is 0 Å². The lowest BCUT2D eigenvalue weighted by atomic mass is 10.2. The highest BCUT2D eigenvalue weighted by atomic mass is 32.2. The van der Waals surface area contributed by atoms with Gasteiger partial charge in [-0.2, -0.15) is 17.5 Å². The largest absolute Gasteiger partial charge is 0.431 e. The fraction of sp³-hybridized carbons (Fsp3) is 0.182. The van der Waals surface area contributed by atoms with E-state index < -0.39 is 44.8 Å². The Balaban J connectivity index is 1.77. The molecule has 9 nitrogen and oxygen atoms in total. The maximum Gasteiger partial charge on any atom is 0.431 e. The lowest BCUT2D eigenvalue weighted by Gasteiger charge is -2.17. The van der Waals surface area contributed by atoms with Crippen LogP contribution >= 0.6 is 11.5 Å². The van der Waals surface area contributed by atoms with E-state index in [2.05, 4.69) is 4.37 Å². The van der Waals surface area contributed by atoms with Crippen LogP contribution in [-0.2, 0) is 29.0 Å². The van der Waals surface area contributed by atoms with Gasteiger partial charge in [0.2, 0.25) is 10.0 Å². The highest BCUT2D eigenvalue weighted by Crippen LogP contribution is 2.28. The third-order valence-corrected chi connectivity index (χ3v) is 7.95. The molecule has 0 aliphatic carbocycles. The quantitative estimate of drug-likeness (QED) is 0.386. The van der Waals surface area contributed by atoms with E-state index in [4.69, 9.17) is 0 Å². The number of aromatic nitrogens is 3. The van der Waals surface area contributed by atoms with Crippen LogP contribution in [0.3, 0.4) is 0 Å². The number of carbonyl (C=O) groups excluding carboxylic acids is 1. The first-order chi connectivity index (χ1) is 16.8. The summed E-state index contributed by atoms with van der Waals surface area (Å²) < 4.78 is 70.9. The monoisotopic (exact) mass is 538 g/mol. The van der Waals surface area contributed by atoms with Gasteiger partial charge in [0.05, 0.1) is 16.1 Å². The zero-order valence-electron chi connectivity index (χ0n) is 18.7. The lowest BCUT2D eigenvalue weighted by molar-refractivity contribution is -0.144. The van der Waals surface area contributed by atoms with Crippen LogP contribution in [0.25, 0.3) is 15.8 Å². The Morgan fingerprint density at radius 2 is 1.75 bits per heavy atom. The molecule has 0 spiro atoms. The molecule has 2 heterocycles. The van der Waals surface area contributed by atoms with Crippen molar-refractivity contribution in [3.63, 3.8) is 0 Å². The zero-order valence-corrected chi connectivity index (χ0v) is 20.3. The summed E-state index contributed by atoms with van der Waals surface area (Å²) >= 11 is 0.884. The predicted molar refractivity (Wildman–Crippen MR) is 127 cm³/mol. The number of halogens is 3. The average molecular weight is 539 g/mol. The normalized spacial score (nSPS) is 12.1. The zero-order chi connectivity index (χ0) is 26.4. The molecule has 1 amide bonds. The molecule has 0 aliphatic rings. The van der Waals surface area contributed by atoms with E-state index in [1.807, 2.05) is 0 Å². The SMILES string of the molecule is CN(C(=O)c1nsc2ccc(-n3c(=O)cc(C(F)(F)F)n(C)c3=O)cc12)S(=O)(=O)Cc1ccccc1. The first-order valence-corrected chi connectivity index (χ1v) is 12.5. The molecule has 0 radical (unpaired) electrons. The highest BCUT2D eigenvalue weighted by Gasteiger charge is 2.35. The topological polar surface area (TPSA) is 111 Å². The number of amides is 1. The molecule has 0 N–H and O–H groups in total. The Labute approximate surface area is 205 Å². The van der Waals surface area contributed by atoms with Crippen molar-refractivity contribution in [2.24, 2.45) is 7.05 Å². The van der Waals surface area contributed by atoms with Crippen LogP contribution in [0.4, 0.5) is 13.2 Å². The fourth-order valence-electron chi connectivity index (χ4n) is 3.51. The van der Waals surface area contributed by atoms with Crippen molar-refractivity contribution in [3.05, 3.63) is 92.4 Å². The summed E-state index contributed by atoms with van der Waals surface area (Å²) in [6, 6.07) is 12.5. The van der Waals surface area contributed by atoms with Gasteiger partial charge in [0, 0.05) is 25.5 Å². The number of sulfonamides is 1. The van der Waals surface area contributed by atoms with Gasteiger partial charge < -0.3 is 0 Å². The second kappa shape index (κ2) is 9.02. The van der Waals surface area contributed by atoms with Crippen LogP contribution in [-0.4, -0.2) is 39.2 Å². The predicted octanol–water partition coefficient (Wildman–Crippen LogP) is 2.77. The number of hydrogen-bond donors (Lipinski definition) is 0. The summed E-state index contributed by atoms with van der Waals surface area (Å²) in [5.41, 5.74) is -3.75. The van der Waals surface area contributed by atoms with Crippen molar-refractivity contribution in [2.75, 3.05) is 7.05 Å². The van der Waals surface area contributed by atoms with Crippen LogP contribution in [0.5, 0.6) is 0 Å². The van der Waals surface area contributed by atoms with Crippen LogP contribution in [0.1, 0.15) is 21.7 Å². The second-order valence-electron chi connectivity index (χ2n) is 7.77. The molecule has 0 saturated heterocycles. The molecule has 2 aromatic heterocycles. The molecule has 0 aliphatic heterocycles. The number of fused-ring (bicyclic) bond motifs is 1. The molecule has 2 aromatic carbocycles. The van der Waals surface area contributed by atoms with Gasteiger partial charge in [-0.1, -0.05) is 30.3 Å². The molecule has 0 bridgehead atoms. The van der Waals surface area contributed by atoms with Gasteiger partial charge in [-0.05, 0) is 35.3 Å². The molecular weight excluding hydrogens is 521 g/mol. The van der Waals surface area contributed by atoms with Gasteiger partial charge >= 0.3 is 11.9 Å². The van der Waals surface area contributed by atoms with E-state index in [0.717, 1.165) is 25.6 Å². The first kappa shape index (κ1) is 25.3. The van der Waals surface area contributed by atoms with Gasteiger partial charge in [-0.25, -0.2) is 22.1 Å². The minimum Gasteiger partial charge on any atom is -0.292 e. The minimum absolute atomic E-state index is 0.106. The van der Waals surface area contributed by atoms with E-state index in [0.29, 0.717) is 29.8 Å². The Hall–Kier alpha value is -3.78. The number of nitrogens with zero attached hydrogens (tertiary/aromatic N) is 4. The third kappa shape index (κ3) is 4.56. The summed E-state index contributed by atoms with van der Waals surface area (Å²) in [6.07, 6.45) is -4.91. The molecule has 4 aromatic rings. The molecule has 36 heavy (non-hydrogen) atoms. The highest BCUT2D eigenvalue weighted by molar-refractivity contribution is 7.88. The van der Waals surface area contributed by atoms with Crippen molar-refractivity contribution >= 4 is 37.5 Å². The van der Waals surface area contributed by atoms with Crippen LogP contribution in [0.15, 0.2) is 64.2 Å². The number of carbonyl (C=O) groups is 1. The smallest absolute Gasteiger partial charge is 0.292 e. The van der Waals surface area contributed by atoms with Gasteiger partial charge in [-0.3, -0.25) is 14.2 Å². The third-order valence-electron chi connectivity index (χ3n) is 5.42. The van der Waals surface area contributed by atoms with Crippen molar-refractivity contribution in [3.8, 4) is 5.69 Å². The van der Waals surface area contributed by atoms with Gasteiger partial charge in [0.15, 0.2) is 5.69 Å². The van der Waals surface area contributed by atoms with E-state index in [1.54, 1.807) is 30.3 Å². The summed E-state index contributed by atoms with van der Waals surface area (Å²) in [5, 5.41) is 0.137. The van der Waals surface area contributed by atoms with Gasteiger partial charge in [-0.15, -0.1) is 0 Å². The van der Waals surface area contributed by atoms with E-state index in [-0.39, 0.29) is 16.8 Å². The van der Waals surface area contributed by atoms with Crippen molar-refractivity contribution < 1.29 is 26.4 Å². The number of alkyl halides is 3. The average Bonchev–Trinajstić information content (AvgIpc) is 3.23. The Kier molecular flexibility index (Phi) is 6.34. The number of hydrogen-bond acceptors (Lipinski definition) is 7. The molecule has 14 heteroatoms. The summed E-state index contributed by atoms with van der Waals surface area (Å²) in [4.78, 5) is 38.2. The standard InChI is InChI=1S/C22H17F3N4O5S2/c1-27-17(22(23,24)25)11-18(30)29(21(27)32)14-8-9-16-15(10-14)19(26-35-16)20(31)28(2)36(33,34)12-13-6-4-3-5-7-13/h3-11H,12H2,1-2H3. The molecule has 188 valence electrons. The van der Waals surface area contributed by atoms with Gasteiger partial charge in [0.25, 0.3) is 11.5 Å². The minimum atomic E-state index is -4.91. The van der Waals surface area contributed by atoms with Crippen LogP contribution < -0.4 is 11.2 Å². The molecule has 0 saturated carbocycles. The molecule has 0 fully saturated rings. The summed E-state index contributed by atoms with van der Waals surface area (Å²) in [7, 11) is -2.10. The van der Waals surface area contributed by atoms with E-state index in [1.165, 1.54) is 18.2 Å². The second-order valence-corrected chi connectivity index (χ2v) is 10.6. The maximum absolute atomic E-state index is 13.2. The Bertz CT molecular complexity index is 1710. The number of benzene rings is 2. The van der Waals surface area contributed by atoms with Crippen molar-refractivity contribution in [2.45, 2.75) is 11.9 Å². The summed E-state index contributed by atoms with van der Waals surface area (Å²) in [5.74, 6) is -1.37. The Morgan fingerprint density at radius 3 is 2.39 bits per heavy atom. The number of rotatable bonds is 5. The van der Waals surface area contributed by atoms with E-state index in [9.17, 15) is 36.0 Å². The molecule has 0 atom stereocenters. The maximum atomic E-state index is 13.2. The fourth-order valence-corrected chi connectivity index (χ4v) is 5.41. The first-order valence-electron chi connectivity index (χ1n) is 10.2. The molecule has 0 unspecified atom stereocenters. The van der Waals surface area contributed by atoms with Crippen molar-refractivity contribution in [1.82, 2.24) is 17.8 Å². The van der Waals surface area contributed by atoms with Gasteiger partial charge in [0.1, 0.15) is 5.69 Å². The van der Waals surface area contributed by atoms with E-state index >= 15 is 0 Å². The molecular formula is C22H17F3N4O5S2. The lowest BCUT2D eigenvalue weighted by Crippen LogP contribution is -2.40. The van der Waals surface area contributed by atoms with Crippen LogP contribution in [0, 0.1) is 0 Å². The van der Waals surface area contributed by atoms with Crippen molar-refractivity contribution in [1.29, 1.82) is 0 Å². The summed E-state index contributed by atoms with van der Waals surface area (Å²) in [6.45, 7) is 0.